The predicted molar refractivity (Wildman–Crippen MR) is 75.9 cm³/mol. The molecule has 0 bridgehead atoms. The third kappa shape index (κ3) is 3.39. The van der Waals surface area contributed by atoms with Gasteiger partial charge in [-0.05, 0) is 18.8 Å². The molecule has 0 saturated carbocycles. The maximum atomic E-state index is 12.5. The number of hydrogen-bond donors (Lipinski definition) is 1. The van der Waals surface area contributed by atoms with Gasteiger partial charge in [0, 0.05) is 39.1 Å². The molecule has 0 radical (unpaired) electrons. The van der Waals surface area contributed by atoms with Crippen LogP contribution in [0.25, 0.3) is 0 Å². The summed E-state index contributed by atoms with van der Waals surface area (Å²) >= 11 is 0. The fourth-order valence-corrected chi connectivity index (χ4v) is 3.03. The number of hydrogen-bond acceptors (Lipinski definition) is 3. The summed E-state index contributed by atoms with van der Waals surface area (Å²) in [5.41, 5.74) is 5.78. The Morgan fingerprint density at radius 2 is 2.16 bits per heavy atom. The van der Waals surface area contributed by atoms with E-state index in [2.05, 4.69) is 6.92 Å². The van der Waals surface area contributed by atoms with E-state index in [1.165, 1.54) is 0 Å². The average Bonchev–Trinajstić information content (AvgIpc) is 2.68. The molecule has 2 amide bonds. The van der Waals surface area contributed by atoms with Crippen molar-refractivity contribution in [3.63, 3.8) is 0 Å². The molecule has 3 atom stereocenters. The minimum absolute atomic E-state index is 0. The minimum atomic E-state index is -0.162. The van der Waals surface area contributed by atoms with Crippen LogP contribution in [0, 0.1) is 11.8 Å². The highest BCUT2D eigenvalue weighted by Gasteiger charge is 2.38. The normalized spacial score (nSPS) is 31.3. The summed E-state index contributed by atoms with van der Waals surface area (Å²) in [6.45, 7) is 4.07. The third-order valence-corrected chi connectivity index (χ3v) is 4.22. The van der Waals surface area contributed by atoms with Gasteiger partial charge in [0.2, 0.25) is 11.8 Å². The Hall–Kier alpha value is -0.810. The number of carbonyl (C=O) groups excluding carboxylic acids is 2. The zero-order valence-corrected chi connectivity index (χ0v) is 12.5. The first-order chi connectivity index (χ1) is 8.52. The molecule has 6 heteroatoms. The second kappa shape index (κ2) is 6.57. The highest BCUT2D eigenvalue weighted by Crippen LogP contribution is 2.26. The van der Waals surface area contributed by atoms with E-state index in [1.54, 1.807) is 11.9 Å². The van der Waals surface area contributed by atoms with Crippen LogP contribution >= 0.6 is 12.4 Å². The topological polar surface area (TPSA) is 66.6 Å². The number of nitrogens with two attached hydrogens (primary N) is 1. The zero-order chi connectivity index (χ0) is 13.3. The Bertz CT molecular complexity index is 351. The van der Waals surface area contributed by atoms with E-state index in [0.29, 0.717) is 25.4 Å². The van der Waals surface area contributed by atoms with Crippen molar-refractivity contribution in [2.45, 2.75) is 32.2 Å². The molecule has 2 N–H and O–H groups in total. The number of nitrogens with zero attached hydrogens (tertiary/aromatic N) is 2. The number of piperidine rings is 1. The van der Waals surface area contributed by atoms with Crippen LogP contribution < -0.4 is 5.73 Å². The van der Waals surface area contributed by atoms with E-state index in [1.807, 2.05) is 4.90 Å². The fraction of sp³-hybridized carbons (Fsp3) is 0.846. The van der Waals surface area contributed by atoms with Gasteiger partial charge < -0.3 is 15.5 Å². The van der Waals surface area contributed by atoms with E-state index in [-0.39, 0.29) is 36.2 Å². The molecule has 2 rings (SSSR count). The number of carbonyl (C=O) groups is 2. The Morgan fingerprint density at radius 3 is 2.68 bits per heavy atom. The third-order valence-electron chi connectivity index (χ3n) is 4.22. The lowest BCUT2D eigenvalue weighted by atomic mass is 9.91. The quantitative estimate of drug-likeness (QED) is 0.804. The molecule has 2 aliphatic heterocycles. The average molecular weight is 290 g/mol. The van der Waals surface area contributed by atoms with Gasteiger partial charge in [0.25, 0.3) is 0 Å². The van der Waals surface area contributed by atoms with E-state index >= 15 is 0 Å². The number of rotatable bonds is 2. The maximum Gasteiger partial charge on any atom is 0.228 e. The van der Waals surface area contributed by atoms with Crippen LogP contribution in [-0.4, -0.2) is 54.3 Å². The Kier molecular flexibility index (Phi) is 5.62. The van der Waals surface area contributed by atoms with Gasteiger partial charge in [0.1, 0.15) is 0 Å². The smallest absolute Gasteiger partial charge is 0.228 e. The van der Waals surface area contributed by atoms with Crippen LogP contribution in [0.4, 0.5) is 0 Å². The van der Waals surface area contributed by atoms with Gasteiger partial charge in [-0.2, -0.15) is 0 Å². The minimum Gasteiger partial charge on any atom is -0.345 e. The van der Waals surface area contributed by atoms with Crippen molar-refractivity contribution in [2.75, 3.05) is 26.7 Å². The van der Waals surface area contributed by atoms with Gasteiger partial charge in [-0.15, -0.1) is 12.4 Å². The first-order valence-electron chi connectivity index (χ1n) is 6.77. The number of amides is 2. The summed E-state index contributed by atoms with van der Waals surface area (Å²) in [5.74, 6) is 0.665. The molecule has 0 aromatic carbocycles. The molecule has 2 fully saturated rings. The summed E-state index contributed by atoms with van der Waals surface area (Å²) in [7, 11) is 1.76. The molecule has 2 heterocycles. The van der Waals surface area contributed by atoms with E-state index in [4.69, 9.17) is 5.73 Å². The molecule has 5 nitrogen and oxygen atoms in total. The van der Waals surface area contributed by atoms with Gasteiger partial charge in [0.15, 0.2) is 0 Å². The van der Waals surface area contributed by atoms with Crippen molar-refractivity contribution >= 4 is 24.2 Å². The van der Waals surface area contributed by atoms with Crippen molar-refractivity contribution in [2.24, 2.45) is 17.6 Å². The lowest BCUT2D eigenvalue weighted by Gasteiger charge is -2.39. The van der Waals surface area contributed by atoms with Crippen LogP contribution in [0.1, 0.15) is 26.2 Å². The molecule has 2 saturated heterocycles. The molecule has 0 aromatic rings. The van der Waals surface area contributed by atoms with Crippen molar-refractivity contribution in [3.8, 4) is 0 Å². The summed E-state index contributed by atoms with van der Waals surface area (Å²) in [6.07, 6.45) is 2.39. The van der Waals surface area contributed by atoms with Crippen LogP contribution in [0.5, 0.6) is 0 Å². The first kappa shape index (κ1) is 16.2. The molecule has 0 spiro atoms. The lowest BCUT2D eigenvalue weighted by molar-refractivity contribution is -0.139. The van der Waals surface area contributed by atoms with Crippen molar-refractivity contribution in [1.82, 2.24) is 9.80 Å². The second-order valence-corrected chi connectivity index (χ2v) is 5.73. The van der Waals surface area contributed by atoms with Gasteiger partial charge in [-0.3, -0.25) is 9.59 Å². The van der Waals surface area contributed by atoms with Crippen molar-refractivity contribution < 1.29 is 9.59 Å². The van der Waals surface area contributed by atoms with Crippen LogP contribution in [0.2, 0.25) is 0 Å². The highest BCUT2D eigenvalue weighted by molar-refractivity contribution is 5.89. The van der Waals surface area contributed by atoms with Crippen molar-refractivity contribution in [1.29, 1.82) is 0 Å². The molecule has 3 unspecified atom stereocenters. The molecular weight excluding hydrogens is 266 g/mol. The fourth-order valence-electron chi connectivity index (χ4n) is 3.03. The van der Waals surface area contributed by atoms with E-state index in [0.717, 1.165) is 19.4 Å². The Labute approximate surface area is 120 Å². The van der Waals surface area contributed by atoms with Crippen molar-refractivity contribution in [3.05, 3.63) is 0 Å². The molecule has 0 aliphatic carbocycles. The Balaban J connectivity index is 0.00000180. The van der Waals surface area contributed by atoms with Gasteiger partial charge >= 0.3 is 0 Å². The summed E-state index contributed by atoms with van der Waals surface area (Å²) < 4.78 is 0. The first-order valence-corrected chi connectivity index (χ1v) is 6.77. The largest absolute Gasteiger partial charge is 0.345 e. The predicted octanol–water partition coefficient (Wildman–Crippen LogP) is 0.472. The number of halogens is 1. The molecule has 110 valence electrons. The van der Waals surface area contributed by atoms with Gasteiger partial charge in [0.05, 0.1) is 5.92 Å². The standard InChI is InChI=1S/C13H23N3O2.ClH/c1-9-3-4-16(11(5-9)7-14)13(18)10-6-12(17)15(2)8-10;/h9-11H,3-8,14H2,1-2H3;1H. The molecule has 19 heavy (non-hydrogen) atoms. The van der Waals surface area contributed by atoms with Crippen LogP contribution in [-0.2, 0) is 9.59 Å². The summed E-state index contributed by atoms with van der Waals surface area (Å²) in [4.78, 5) is 27.5. The maximum absolute atomic E-state index is 12.5. The summed E-state index contributed by atoms with van der Waals surface area (Å²) in [6, 6.07) is 0.155. The molecular formula is C13H24ClN3O2. The summed E-state index contributed by atoms with van der Waals surface area (Å²) in [5, 5.41) is 0. The molecule has 2 aliphatic rings. The second-order valence-electron chi connectivity index (χ2n) is 5.73. The Morgan fingerprint density at radius 1 is 1.47 bits per heavy atom. The monoisotopic (exact) mass is 289 g/mol. The van der Waals surface area contributed by atoms with E-state index in [9.17, 15) is 9.59 Å². The van der Waals surface area contributed by atoms with Crippen LogP contribution in [0.3, 0.4) is 0 Å². The zero-order valence-electron chi connectivity index (χ0n) is 11.7. The van der Waals surface area contributed by atoms with E-state index < -0.39 is 0 Å². The van der Waals surface area contributed by atoms with Gasteiger partial charge in [-0.1, -0.05) is 6.92 Å². The SMILES string of the molecule is CC1CCN(C(=O)C2CC(=O)N(C)C2)C(CN)C1.Cl. The van der Waals surface area contributed by atoms with Crippen LogP contribution in [0.15, 0.2) is 0 Å². The highest BCUT2D eigenvalue weighted by atomic mass is 35.5. The lowest BCUT2D eigenvalue weighted by Crippen LogP contribution is -2.51. The number of likely N-dealkylation sites (tertiary alicyclic amines) is 2. The molecule has 0 aromatic heterocycles. The van der Waals surface area contributed by atoms with Gasteiger partial charge in [-0.25, -0.2) is 0 Å².